The van der Waals surface area contributed by atoms with E-state index in [1.807, 2.05) is 25.1 Å². The highest BCUT2D eigenvalue weighted by Gasteiger charge is 2.22. The zero-order valence-electron chi connectivity index (χ0n) is 10.7. The van der Waals surface area contributed by atoms with Crippen LogP contribution in [0.25, 0.3) is 0 Å². The van der Waals surface area contributed by atoms with E-state index in [0.717, 1.165) is 42.9 Å². The molecular weight excluding hydrogens is 210 g/mol. The predicted octanol–water partition coefficient (Wildman–Crippen LogP) is 2.29. The molecule has 0 atom stereocenters. The Balaban J connectivity index is 2.16. The van der Waals surface area contributed by atoms with Crippen LogP contribution in [0.4, 0.5) is 5.69 Å². The lowest BCUT2D eigenvalue weighted by Gasteiger charge is -2.29. The van der Waals surface area contributed by atoms with Crippen molar-refractivity contribution in [3.05, 3.63) is 29.3 Å². The minimum atomic E-state index is 0.371. The molecule has 0 aliphatic carbocycles. The molecule has 1 aromatic rings. The van der Waals surface area contributed by atoms with Crippen molar-refractivity contribution in [3.63, 3.8) is 0 Å². The van der Waals surface area contributed by atoms with Gasteiger partial charge in [0, 0.05) is 22.9 Å². The summed E-state index contributed by atoms with van der Waals surface area (Å²) in [6, 6.07) is 5.95. The molecule has 1 aromatic carbocycles. The molecular formula is C14H21N3. The molecule has 1 aliphatic rings. The number of hydrogen-bond donors (Lipinski definition) is 2. The molecule has 92 valence electrons. The second-order valence-corrected chi connectivity index (χ2v) is 5.08. The Morgan fingerprint density at radius 3 is 2.65 bits per heavy atom. The summed E-state index contributed by atoms with van der Waals surface area (Å²) in [4.78, 5) is 2.32. The van der Waals surface area contributed by atoms with Gasteiger partial charge in [-0.25, -0.2) is 0 Å². The van der Waals surface area contributed by atoms with Gasteiger partial charge in [-0.05, 0) is 52.0 Å². The molecule has 3 nitrogen and oxygen atoms in total. The number of nitrogens with one attached hydrogen (secondary N) is 1. The summed E-state index contributed by atoms with van der Waals surface area (Å²) in [6.07, 6.45) is 2.14. The first-order valence-electron chi connectivity index (χ1n) is 6.21. The molecule has 0 amide bonds. The van der Waals surface area contributed by atoms with Crippen molar-refractivity contribution < 1.29 is 0 Å². The quantitative estimate of drug-likeness (QED) is 0.606. The summed E-state index contributed by atoms with van der Waals surface area (Å²) in [5, 5.41) is 8.33. The normalized spacial score (nSPS) is 18.2. The fraction of sp³-hybridized carbons (Fsp3) is 0.500. The second kappa shape index (κ2) is 4.88. The number of rotatable bonds is 2. The summed E-state index contributed by atoms with van der Waals surface area (Å²) >= 11 is 0. The van der Waals surface area contributed by atoms with Crippen molar-refractivity contribution in [3.8, 4) is 0 Å². The number of anilines is 1. The van der Waals surface area contributed by atoms with Gasteiger partial charge in [-0.15, -0.1) is 0 Å². The van der Waals surface area contributed by atoms with E-state index in [2.05, 4.69) is 11.9 Å². The van der Waals surface area contributed by atoms with Gasteiger partial charge in [0.05, 0.1) is 0 Å². The van der Waals surface area contributed by atoms with Crippen LogP contribution in [-0.4, -0.2) is 30.7 Å². The minimum absolute atomic E-state index is 0.371. The Morgan fingerprint density at radius 2 is 2.00 bits per heavy atom. The van der Waals surface area contributed by atoms with Crippen molar-refractivity contribution >= 4 is 11.4 Å². The largest absolute Gasteiger partial charge is 0.398 e. The van der Waals surface area contributed by atoms with E-state index in [4.69, 9.17) is 11.1 Å². The maximum atomic E-state index is 8.33. The maximum Gasteiger partial charge on any atom is 0.0438 e. The van der Waals surface area contributed by atoms with Crippen LogP contribution in [0.3, 0.4) is 0 Å². The van der Waals surface area contributed by atoms with Crippen LogP contribution in [0.1, 0.15) is 24.0 Å². The number of aryl methyl sites for hydroxylation is 1. The van der Waals surface area contributed by atoms with Crippen LogP contribution in [-0.2, 0) is 0 Å². The second-order valence-electron chi connectivity index (χ2n) is 5.08. The smallest absolute Gasteiger partial charge is 0.0438 e. The summed E-state index contributed by atoms with van der Waals surface area (Å²) in [5.74, 6) is 0.371. The van der Waals surface area contributed by atoms with Crippen molar-refractivity contribution in [1.82, 2.24) is 4.90 Å². The number of likely N-dealkylation sites (tertiary alicyclic amines) is 1. The van der Waals surface area contributed by atoms with Gasteiger partial charge in [0.25, 0.3) is 0 Å². The first-order chi connectivity index (χ1) is 8.08. The molecule has 1 aliphatic heterocycles. The third-order valence-electron chi connectivity index (χ3n) is 3.63. The fourth-order valence-corrected chi connectivity index (χ4v) is 2.42. The molecule has 0 unspecified atom stereocenters. The van der Waals surface area contributed by atoms with Crippen LogP contribution < -0.4 is 5.73 Å². The predicted molar refractivity (Wildman–Crippen MR) is 72.6 cm³/mol. The zero-order chi connectivity index (χ0) is 12.4. The van der Waals surface area contributed by atoms with Crippen molar-refractivity contribution in [2.24, 2.45) is 5.92 Å². The van der Waals surface area contributed by atoms with E-state index in [-0.39, 0.29) is 0 Å². The van der Waals surface area contributed by atoms with Crippen LogP contribution >= 0.6 is 0 Å². The van der Waals surface area contributed by atoms with Crippen LogP contribution in [0.15, 0.2) is 18.2 Å². The lowest BCUT2D eigenvalue weighted by Crippen LogP contribution is -2.33. The Bertz CT molecular complexity index is 417. The lowest BCUT2D eigenvalue weighted by atomic mass is 9.87. The van der Waals surface area contributed by atoms with Gasteiger partial charge in [-0.1, -0.05) is 11.6 Å². The molecule has 0 radical (unpaired) electrons. The molecule has 1 fully saturated rings. The van der Waals surface area contributed by atoms with E-state index in [0.29, 0.717) is 5.92 Å². The zero-order valence-corrected chi connectivity index (χ0v) is 10.7. The Hall–Kier alpha value is -1.35. The van der Waals surface area contributed by atoms with E-state index in [1.165, 1.54) is 5.56 Å². The monoisotopic (exact) mass is 231 g/mol. The van der Waals surface area contributed by atoms with E-state index in [1.54, 1.807) is 0 Å². The standard InChI is InChI=1S/C14H21N3/c1-10-3-4-13(15)12(9-10)14(16)11-5-7-17(2)8-6-11/h3-4,9,11,16H,5-8,15H2,1-2H3. The number of piperidine rings is 1. The van der Waals surface area contributed by atoms with E-state index in [9.17, 15) is 0 Å². The summed E-state index contributed by atoms with van der Waals surface area (Å²) < 4.78 is 0. The van der Waals surface area contributed by atoms with Gasteiger partial charge in [-0.3, -0.25) is 0 Å². The lowest BCUT2D eigenvalue weighted by molar-refractivity contribution is 0.252. The molecule has 0 saturated carbocycles. The van der Waals surface area contributed by atoms with Gasteiger partial charge in [0.1, 0.15) is 0 Å². The molecule has 0 spiro atoms. The highest BCUT2D eigenvalue weighted by Crippen LogP contribution is 2.24. The molecule has 0 bridgehead atoms. The van der Waals surface area contributed by atoms with Crippen LogP contribution in [0.2, 0.25) is 0 Å². The SMILES string of the molecule is Cc1ccc(N)c(C(=N)C2CCN(C)CC2)c1. The van der Waals surface area contributed by atoms with Gasteiger partial charge in [0.15, 0.2) is 0 Å². The number of nitrogens with zero attached hydrogens (tertiary/aromatic N) is 1. The number of nitrogen functional groups attached to an aromatic ring is 1. The summed E-state index contributed by atoms with van der Waals surface area (Å²) in [7, 11) is 2.14. The van der Waals surface area contributed by atoms with Crippen molar-refractivity contribution in [1.29, 1.82) is 5.41 Å². The molecule has 3 heteroatoms. The topological polar surface area (TPSA) is 53.1 Å². The molecule has 1 saturated heterocycles. The minimum Gasteiger partial charge on any atom is -0.398 e. The third-order valence-corrected chi connectivity index (χ3v) is 3.63. The number of benzene rings is 1. The van der Waals surface area contributed by atoms with Gasteiger partial charge in [-0.2, -0.15) is 0 Å². The van der Waals surface area contributed by atoms with Crippen molar-refractivity contribution in [2.75, 3.05) is 25.9 Å². The Labute approximate surface area is 103 Å². The first kappa shape index (κ1) is 12.1. The number of nitrogens with two attached hydrogens (primary N) is 1. The average Bonchev–Trinajstić information content (AvgIpc) is 2.32. The molecule has 1 heterocycles. The number of hydrogen-bond acceptors (Lipinski definition) is 3. The summed E-state index contributed by atoms with van der Waals surface area (Å²) in [5.41, 5.74) is 9.53. The molecule has 2 rings (SSSR count). The van der Waals surface area contributed by atoms with Crippen LogP contribution in [0, 0.1) is 18.3 Å². The summed E-state index contributed by atoms with van der Waals surface area (Å²) in [6.45, 7) is 4.21. The van der Waals surface area contributed by atoms with Gasteiger partial charge >= 0.3 is 0 Å². The van der Waals surface area contributed by atoms with Crippen molar-refractivity contribution in [2.45, 2.75) is 19.8 Å². The highest BCUT2D eigenvalue weighted by molar-refractivity contribution is 6.04. The Kier molecular flexibility index (Phi) is 3.48. The molecule has 17 heavy (non-hydrogen) atoms. The van der Waals surface area contributed by atoms with Crippen LogP contribution in [0.5, 0.6) is 0 Å². The van der Waals surface area contributed by atoms with E-state index >= 15 is 0 Å². The van der Waals surface area contributed by atoms with Gasteiger partial charge < -0.3 is 16.0 Å². The maximum absolute atomic E-state index is 8.33. The fourth-order valence-electron chi connectivity index (χ4n) is 2.42. The average molecular weight is 231 g/mol. The third kappa shape index (κ3) is 2.67. The molecule has 3 N–H and O–H groups in total. The highest BCUT2D eigenvalue weighted by atomic mass is 15.1. The molecule has 0 aromatic heterocycles. The first-order valence-corrected chi connectivity index (χ1v) is 6.21. The van der Waals surface area contributed by atoms with E-state index < -0.39 is 0 Å². The van der Waals surface area contributed by atoms with Gasteiger partial charge in [0.2, 0.25) is 0 Å². The Morgan fingerprint density at radius 1 is 1.35 bits per heavy atom.